The van der Waals surface area contributed by atoms with E-state index in [9.17, 15) is 0 Å². The summed E-state index contributed by atoms with van der Waals surface area (Å²) in [5.41, 5.74) is 1.27. The van der Waals surface area contributed by atoms with Crippen LogP contribution in [0.1, 0.15) is 12.0 Å². The van der Waals surface area contributed by atoms with Crippen molar-refractivity contribution in [3.8, 4) is 11.8 Å². The Labute approximate surface area is 89.9 Å². The Bertz CT molecular complexity index is 366. The van der Waals surface area contributed by atoms with E-state index >= 15 is 0 Å². The standard InChI is InChI=1S/C12H14N2O/c1-15-12-4-2-10(3-5-12)8-14-9-11(14)6-7-13/h2-5,11H,6,8-9H2,1H3. The molecule has 1 fully saturated rings. The van der Waals surface area contributed by atoms with Crippen LogP contribution in [-0.2, 0) is 6.54 Å². The van der Waals surface area contributed by atoms with E-state index in [1.54, 1.807) is 7.11 Å². The third-order valence-corrected chi connectivity index (χ3v) is 2.70. The molecule has 0 saturated carbocycles. The van der Waals surface area contributed by atoms with Crippen LogP contribution in [0.2, 0.25) is 0 Å². The van der Waals surface area contributed by atoms with Crippen LogP contribution in [0.25, 0.3) is 0 Å². The molecule has 3 nitrogen and oxygen atoms in total. The molecule has 0 N–H and O–H groups in total. The molecular formula is C12H14N2O. The van der Waals surface area contributed by atoms with Gasteiger partial charge in [0.1, 0.15) is 5.75 Å². The summed E-state index contributed by atoms with van der Waals surface area (Å²) in [6, 6.07) is 10.8. The van der Waals surface area contributed by atoms with Crippen molar-refractivity contribution >= 4 is 0 Å². The van der Waals surface area contributed by atoms with Crippen LogP contribution in [0.15, 0.2) is 24.3 Å². The molecule has 0 aliphatic carbocycles. The van der Waals surface area contributed by atoms with Gasteiger partial charge in [-0.25, -0.2) is 0 Å². The van der Waals surface area contributed by atoms with Gasteiger partial charge in [-0.1, -0.05) is 12.1 Å². The van der Waals surface area contributed by atoms with E-state index in [0.29, 0.717) is 12.5 Å². The van der Waals surface area contributed by atoms with Gasteiger partial charge in [0, 0.05) is 19.1 Å². The number of methoxy groups -OCH3 is 1. The average molecular weight is 202 g/mol. The van der Waals surface area contributed by atoms with Gasteiger partial charge in [0.2, 0.25) is 0 Å². The maximum atomic E-state index is 8.54. The van der Waals surface area contributed by atoms with Crippen LogP contribution in [0, 0.1) is 11.3 Å². The average Bonchev–Trinajstić information content (AvgIpc) is 2.98. The molecule has 2 atom stereocenters. The van der Waals surface area contributed by atoms with Gasteiger partial charge in [-0.15, -0.1) is 0 Å². The number of benzene rings is 1. The Morgan fingerprint density at radius 1 is 1.47 bits per heavy atom. The van der Waals surface area contributed by atoms with Crippen molar-refractivity contribution in [2.75, 3.05) is 13.7 Å². The predicted octanol–water partition coefficient (Wildman–Crippen LogP) is 1.79. The SMILES string of the molecule is COc1ccc(CN2CC2CC#N)cc1. The molecule has 0 bridgehead atoms. The van der Waals surface area contributed by atoms with Crippen LogP contribution in [0.4, 0.5) is 0 Å². The second kappa shape index (κ2) is 4.33. The molecule has 2 unspecified atom stereocenters. The van der Waals surface area contributed by atoms with Gasteiger partial charge in [-0.2, -0.15) is 5.26 Å². The van der Waals surface area contributed by atoms with E-state index < -0.39 is 0 Å². The molecule has 2 rings (SSSR count). The highest BCUT2D eigenvalue weighted by atomic mass is 16.5. The van der Waals surface area contributed by atoms with E-state index in [1.165, 1.54) is 5.56 Å². The van der Waals surface area contributed by atoms with Gasteiger partial charge in [-0.05, 0) is 17.7 Å². The summed E-state index contributed by atoms with van der Waals surface area (Å²) >= 11 is 0. The predicted molar refractivity (Wildman–Crippen MR) is 57.4 cm³/mol. The first kappa shape index (κ1) is 10.0. The zero-order valence-electron chi connectivity index (χ0n) is 8.81. The monoisotopic (exact) mass is 202 g/mol. The lowest BCUT2D eigenvalue weighted by atomic mass is 10.2. The van der Waals surface area contributed by atoms with Gasteiger partial charge < -0.3 is 4.74 Å². The molecule has 1 aliphatic heterocycles. The van der Waals surface area contributed by atoms with Crippen molar-refractivity contribution in [2.45, 2.75) is 19.0 Å². The second-order valence-electron chi connectivity index (χ2n) is 3.79. The van der Waals surface area contributed by atoms with Crippen LogP contribution in [0.3, 0.4) is 0 Å². The second-order valence-corrected chi connectivity index (χ2v) is 3.79. The molecule has 1 heterocycles. The summed E-state index contributed by atoms with van der Waals surface area (Å²) in [6.45, 7) is 2.00. The van der Waals surface area contributed by atoms with Crippen LogP contribution in [0.5, 0.6) is 5.75 Å². The molecule has 1 aromatic carbocycles. The molecule has 15 heavy (non-hydrogen) atoms. The van der Waals surface area contributed by atoms with Crippen LogP contribution in [-0.4, -0.2) is 24.6 Å². The molecule has 0 aromatic heterocycles. The minimum absolute atomic E-state index is 0.483. The Morgan fingerprint density at radius 2 is 2.20 bits per heavy atom. The third-order valence-electron chi connectivity index (χ3n) is 2.70. The van der Waals surface area contributed by atoms with Crippen molar-refractivity contribution in [3.63, 3.8) is 0 Å². The number of hydrogen-bond acceptors (Lipinski definition) is 3. The van der Waals surface area contributed by atoms with Gasteiger partial charge >= 0.3 is 0 Å². The first-order valence-electron chi connectivity index (χ1n) is 5.07. The van der Waals surface area contributed by atoms with E-state index in [1.807, 2.05) is 12.1 Å². The fourth-order valence-electron chi connectivity index (χ4n) is 1.68. The molecule has 3 heteroatoms. The van der Waals surface area contributed by atoms with Gasteiger partial charge in [0.15, 0.2) is 0 Å². The number of hydrogen-bond donors (Lipinski definition) is 0. The van der Waals surface area contributed by atoms with Crippen LogP contribution >= 0.6 is 0 Å². The maximum Gasteiger partial charge on any atom is 0.118 e. The molecular weight excluding hydrogens is 188 g/mol. The number of rotatable bonds is 4. The molecule has 78 valence electrons. The van der Waals surface area contributed by atoms with Crippen molar-refractivity contribution < 1.29 is 4.74 Å². The Kier molecular flexibility index (Phi) is 2.89. The highest BCUT2D eigenvalue weighted by Crippen LogP contribution is 2.24. The first-order valence-corrected chi connectivity index (χ1v) is 5.07. The fourth-order valence-corrected chi connectivity index (χ4v) is 1.68. The fraction of sp³-hybridized carbons (Fsp3) is 0.417. The first-order chi connectivity index (χ1) is 7.33. The summed E-state index contributed by atoms with van der Waals surface area (Å²) < 4.78 is 5.09. The zero-order chi connectivity index (χ0) is 10.7. The molecule has 1 aliphatic rings. The van der Waals surface area contributed by atoms with E-state index in [-0.39, 0.29) is 0 Å². The lowest BCUT2D eigenvalue weighted by Gasteiger charge is -2.04. The van der Waals surface area contributed by atoms with E-state index in [2.05, 4.69) is 23.1 Å². The van der Waals surface area contributed by atoms with E-state index in [4.69, 9.17) is 10.00 Å². The Balaban J connectivity index is 1.87. The Morgan fingerprint density at radius 3 is 2.80 bits per heavy atom. The van der Waals surface area contributed by atoms with Gasteiger partial charge in [-0.3, -0.25) is 4.90 Å². The highest BCUT2D eigenvalue weighted by molar-refractivity contribution is 5.27. The summed E-state index contributed by atoms with van der Waals surface area (Å²) in [4.78, 5) is 2.30. The summed E-state index contributed by atoms with van der Waals surface area (Å²) in [6.07, 6.45) is 0.649. The summed E-state index contributed by atoms with van der Waals surface area (Å²) in [7, 11) is 1.67. The zero-order valence-corrected chi connectivity index (χ0v) is 8.81. The number of nitriles is 1. The molecule has 0 spiro atoms. The normalized spacial score (nSPS) is 23.2. The number of ether oxygens (including phenoxy) is 1. The third kappa shape index (κ3) is 2.48. The quantitative estimate of drug-likeness (QED) is 0.698. The maximum absolute atomic E-state index is 8.54. The van der Waals surface area contributed by atoms with Gasteiger partial charge in [0.25, 0.3) is 0 Å². The van der Waals surface area contributed by atoms with Gasteiger partial charge in [0.05, 0.1) is 19.6 Å². The van der Waals surface area contributed by atoms with Crippen molar-refractivity contribution in [1.29, 1.82) is 5.26 Å². The highest BCUT2D eigenvalue weighted by Gasteiger charge is 2.32. The minimum Gasteiger partial charge on any atom is -0.497 e. The molecule has 1 saturated heterocycles. The minimum atomic E-state index is 0.483. The summed E-state index contributed by atoms with van der Waals surface area (Å²) in [5.74, 6) is 0.887. The topological polar surface area (TPSA) is 36.0 Å². The van der Waals surface area contributed by atoms with E-state index in [0.717, 1.165) is 18.8 Å². The van der Waals surface area contributed by atoms with Crippen molar-refractivity contribution in [2.24, 2.45) is 0 Å². The van der Waals surface area contributed by atoms with Crippen molar-refractivity contribution in [1.82, 2.24) is 4.90 Å². The Hall–Kier alpha value is -1.53. The molecule has 0 radical (unpaired) electrons. The molecule has 0 amide bonds. The van der Waals surface area contributed by atoms with Crippen LogP contribution < -0.4 is 4.74 Å². The largest absolute Gasteiger partial charge is 0.497 e. The summed E-state index contributed by atoms with van der Waals surface area (Å²) in [5, 5.41) is 8.54. The smallest absolute Gasteiger partial charge is 0.118 e. The lowest BCUT2D eigenvalue weighted by Crippen LogP contribution is -2.01. The lowest BCUT2D eigenvalue weighted by molar-refractivity contribution is 0.414. The van der Waals surface area contributed by atoms with Crippen molar-refractivity contribution in [3.05, 3.63) is 29.8 Å². The molecule has 1 aromatic rings. The number of nitrogens with zero attached hydrogens (tertiary/aromatic N) is 2.